The van der Waals surface area contributed by atoms with Crippen molar-refractivity contribution in [3.05, 3.63) is 52.8 Å². The number of amides is 2. The van der Waals surface area contributed by atoms with Gasteiger partial charge in [0, 0.05) is 24.4 Å². The number of esters is 1. The fourth-order valence-corrected chi connectivity index (χ4v) is 6.70. The van der Waals surface area contributed by atoms with E-state index in [0.29, 0.717) is 43.0 Å². The van der Waals surface area contributed by atoms with E-state index in [1.165, 1.54) is 0 Å². The number of fused-ring (bicyclic) bond motifs is 1. The number of aryl methyl sites for hydroxylation is 2. The number of nitrogens with zero attached hydrogens (tertiary/aromatic N) is 5. The first-order valence-corrected chi connectivity index (χ1v) is 18.5. The summed E-state index contributed by atoms with van der Waals surface area (Å²) in [4.78, 5) is 48.0. The number of hydrogen-bond donors (Lipinski definition) is 2. The van der Waals surface area contributed by atoms with Crippen molar-refractivity contribution in [1.82, 2.24) is 24.8 Å². The highest BCUT2D eigenvalue weighted by atomic mass is 32.2. The van der Waals surface area contributed by atoms with Gasteiger partial charge in [-0.15, -0.1) is 0 Å². The highest BCUT2D eigenvalue weighted by Gasteiger charge is 2.37. The van der Waals surface area contributed by atoms with Crippen molar-refractivity contribution in [2.45, 2.75) is 91.5 Å². The molecular weight excluding hydrogens is 650 g/mol. The van der Waals surface area contributed by atoms with E-state index in [1.807, 2.05) is 44.9 Å². The maximum atomic E-state index is 14.0. The molecule has 5 rings (SSSR count). The zero-order chi connectivity index (χ0) is 35.8. The lowest BCUT2D eigenvalue weighted by Crippen LogP contribution is -2.56. The summed E-state index contributed by atoms with van der Waals surface area (Å²) in [6.07, 6.45) is 4.38. The second-order valence-corrected chi connectivity index (χ2v) is 16.1. The number of hydrogen-bond acceptors (Lipinski definition) is 10. The molecule has 0 aliphatic carbocycles. The fraction of sp³-hybridized carbons (Fsp3) is 0.559. The number of likely N-dealkylation sites (tertiary alicyclic amines) is 1. The molecule has 266 valence electrons. The Hall–Kier alpha value is -4.40. The third kappa shape index (κ3) is 8.61. The van der Waals surface area contributed by atoms with Crippen LogP contribution in [0, 0.1) is 19.8 Å². The maximum absolute atomic E-state index is 14.0. The largest absolute Gasteiger partial charge is 0.457 e. The number of anilines is 2. The monoisotopic (exact) mass is 697 g/mol. The van der Waals surface area contributed by atoms with Gasteiger partial charge >= 0.3 is 12.1 Å². The summed E-state index contributed by atoms with van der Waals surface area (Å²) in [6.45, 7) is 14.1. The number of piperidine rings is 1. The van der Waals surface area contributed by atoms with E-state index < -0.39 is 33.7 Å². The van der Waals surface area contributed by atoms with Crippen molar-refractivity contribution in [3.8, 4) is 0 Å². The second-order valence-electron chi connectivity index (χ2n) is 14.4. The van der Waals surface area contributed by atoms with Crippen LogP contribution < -0.4 is 14.9 Å². The van der Waals surface area contributed by atoms with Crippen LogP contribution in [0.2, 0.25) is 0 Å². The van der Waals surface area contributed by atoms with Crippen molar-refractivity contribution in [2.75, 3.05) is 35.5 Å². The van der Waals surface area contributed by atoms with E-state index in [-0.39, 0.29) is 29.7 Å². The van der Waals surface area contributed by atoms with Crippen LogP contribution in [0.3, 0.4) is 0 Å². The van der Waals surface area contributed by atoms with E-state index in [2.05, 4.69) is 10.0 Å². The summed E-state index contributed by atoms with van der Waals surface area (Å²) >= 11 is 0. The van der Waals surface area contributed by atoms with Crippen LogP contribution in [0.15, 0.2) is 30.5 Å². The third-order valence-corrected chi connectivity index (χ3v) is 9.04. The Morgan fingerprint density at radius 3 is 2.43 bits per heavy atom. The van der Waals surface area contributed by atoms with E-state index in [4.69, 9.17) is 19.6 Å². The Kier molecular flexibility index (Phi) is 10.1. The molecule has 0 spiro atoms. The summed E-state index contributed by atoms with van der Waals surface area (Å²) in [5.41, 5.74) is 2.90. The molecule has 4 heterocycles. The SMILES string of the molecule is Cc1ccc(NS(C)(=O)=O)c(C(=O)N2CCCC[C@H]2c2cc3nc(N4CC(OC(=O)[C@@H](NC(=O)OC(C)(C)C)C(C)C)C4)c(C)cn3n2)c1. The average Bonchev–Trinajstić information content (AvgIpc) is 3.38. The molecule has 49 heavy (non-hydrogen) atoms. The molecule has 0 radical (unpaired) electrons. The molecule has 2 fully saturated rings. The number of sulfonamides is 1. The lowest BCUT2D eigenvalue weighted by Gasteiger charge is -2.40. The molecule has 2 saturated heterocycles. The molecule has 15 heteroatoms. The number of benzene rings is 1. The molecule has 2 aromatic heterocycles. The Morgan fingerprint density at radius 1 is 1.06 bits per heavy atom. The van der Waals surface area contributed by atoms with Crippen molar-refractivity contribution in [1.29, 1.82) is 0 Å². The number of aromatic nitrogens is 3. The number of rotatable bonds is 9. The van der Waals surface area contributed by atoms with Crippen LogP contribution in [0.5, 0.6) is 0 Å². The van der Waals surface area contributed by atoms with Gasteiger partial charge in [0.05, 0.1) is 42.3 Å². The van der Waals surface area contributed by atoms with Crippen LogP contribution in [-0.4, -0.2) is 89.5 Å². The molecule has 2 amide bonds. The van der Waals surface area contributed by atoms with Gasteiger partial charge in [0.1, 0.15) is 23.6 Å². The van der Waals surface area contributed by atoms with E-state index in [0.717, 1.165) is 36.0 Å². The van der Waals surface area contributed by atoms with Gasteiger partial charge in [-0.1, -0.05) is 25.5 Å². The molecular formula is C34H47N7O7S. The van der Waals surface area contributed by atoms with Crippen LogP contribution in [-0.2, 0) is 24.3 Å². The van der Waals surface area contributed by atoms with Gasteiger partial charge < -0.3 is 24.6 Å². The van der Waals surface area contributed by atoms with Gasteiger partial charge in [-0.25, -0.2) is 27.5 Å². The summed E-state index contributed by atoms with van der Waals surface area (Å²) in [5, 5.41) is 7.46. The first-order chi connectivity index (χ1) is 22.9. The normalized spacial score (nSPS) is 17.9. The van der Waals surface area contributed by atoms with Crippen LogP contribution in [0.25, 0.3) is 5.65 Å². The summed E-state index contributed by atoms with van der Waals surface area (Å²) in [7, 11) is -3.59. The standard InChI is InChI=1S/C34H47N7O7S/c1-20(2)29(36-33(44)48-34(5,6)7)32(43)47-23-18-39(19-23)30-22(4)17-41-28(35-30)16-26(37-41)27-11-9-10-14-40(27)31(42)24-15-21(3)12-13-25(24)38-49(8,45)46/h12-13,15-17,20,23,27,29,38H,9-11,14,18-19H2,1-8H3,(H,36,44)/t27-,29-/m0/s1. The van der Waals surface area contributed by atoms with Crippen LogP contribution in [0.4, 0.5) is 16.3 Å². The number of carbonyl (C=O) groups is 3. The number of carbonyl (C=O) groups excluding carboxylic acids is 3. The molecule has 2 N–H and O–H groups in total. The number of alkyl carbamates (subject to hydrolysis) is 1. The zero-order valence-corrected chi connectivity index (χ0v) is 30.3. The van der Waals surface area contributed by atoms with Gasteiger partial charge in [-0.3, -0.25) is 9.52 Å². The average molecular weight is 698 g/mol. The van der Waals surface area contributed by atoms with E-state index in [1.54, 1.807) is 48.4 Å². The van der Waals surface area contributed by atoms with Crippen LogP contribution in [0.1, 0.15) is 87.1 Å². The predicted molar refractivity (Wildman–Crippen MR) is 185 cm³/mol. The third-order valence-electron chi connectivity index (χ3n) is 8.45. The first kappa shape index (κ1) is 35.9. The lowest BCUT2D eigenvalue weighted by atomic mass is 9.97. The predicted octanol–water partition coefficient (Wildman–Crippen LogP) is 4.37. The minimum Gasteiger partial charge on any atom is -0.457 e. The molecule has 3 aromatic rings. The van der Waals surface area contributed by atoms with E-state index >= 15 is 0 Å². The minimum atomic E-state index is -3.59. The zero-order valence-electron chi connectivity index (χ0n) is 29.4. The Morgan fingerprint density at radius 2 is 1.78 bits per heavy atom. The Bertz CT molecular complexity index is 1840. The Labute approximate surface area is 287 Å². The molecule has 14 nitrogen and oxygen atoms in total. The molecule has 2 aliphatic rings. The number of nitrogens with one attached hydrogen (secondary N) is 2. The van der Waals surface area contributed by atoms with Gasteiger partial charge in [-0.05, 0) is 71.9 Å². The topological polar surface area (TPSA) is 165 Å². The lowest BCUT2D eigenvalue weighted by molar-refractivity contribution is -0.154. The molecule has 0 saturated carbocycles. The quantitative estimate of drug-likeness (QED) is 0.307. The highest BCUT2D eigenvalue weighted by Crippen LogP contribution is 2.34. The smallest absolute Gasteiger partial charge is 0.408 e. The van der Waals surface area contributed by atoms with Gasteiger partial charge in [0.2, 0.25) is 10.0 Å². The summed E-state index contributed by atoms with van der Waals surface area (Å²) < 4.78 is 39.3. The van der Waals surface area contributed by atoms with E-state index in [9.17, 15) is 22.8 Å². The molecule has 0 bridgehead atoms. The number of ether oxygens (including phenoxy) is 2. The fourth-order valence-electron chi connectivity index (χ4n) is 6.12. The highest BCUT2D eigenvalue weighted by molar-refractivity contribution is 7.92. The van der Waals surface area contributed by atoms with Gasteiger partial charge in [0.25, 0.3) is 5.91 Å². The Balaban J connectivity index is 1.29. The van der Waals surface area contributed by atoms with Gasteiger partial charge in [-0.2, -0.15) is 5.10 Å². The second kappa shape index (κ2) is 13.8. The molecule has 2 atom stereocenters. The first-order valence-electron chi connectivity index (χ1n) is 16.6. The van der Waals surface area contributed by atoms with Crippen molar-refractivity contribution >= 4 is 45.1 Å². The van der Waals surface area contributed by atoms with Gasteiger partial charge in [0.15, 0.2) is 5.65 Å². The summed E-state index contributed by atoms with van der Waals surface area (Å²) in [5.74, 6) is -0.227. The molecule has 2 aliphatic heterocycles. The maximum Gasteiger partial charge on any atom is 0.408 e. The van der Waals surface area contributed by atoms with Crippen molar-refractivity contribution in [2.24, 2.45) is 5.92 Å². The summed E-state index contributed by atoms with van der Waals surface area (Å²) in [6, 6.07) is 5.83. The van der Waals surface area contributed by atoms with Crippen molar-refractivity contribution < 1.29 is 32.3 Å². The molecule has 1 aromatic carbocycles. The minimum absolute atomic E-state index is 0.197. The van der Waals surface area contributed by atoms with Crippen molar-refractivity contribution in [3.63, 3.8) is 0 Å². The molecule has 0 unspecified atom stereocenters. The van der Waals surface area contributed by atoms with Crippen LogP contribution >= 0.6 is 0 Å².